The Balaban J connectivity index is 1.51. The summed E-state index contributed by atoms with van der Waals surface area (Å²) in [7, 11) is 0. The van der Waals surface area contributed by atoms with Crippen molar-refractivity contribution in [2.75, 3.05) is 44.6 Å². The summed E-state index contributed by atoms with van der Waals surface area (Å²) in [6, 6.07) is 7.26. The molecule has 1 unspecified atom stereocenters. The van der Waals surface area contributed by atoms with E-state index in [1.54, 1.807) is 4.90 Å². The molecule has 0 aliphatic carbocycles. The lowest BCUT2D eigenvalue weighted by molar-refractivity contribution is -0.131. The normalized spacial score (nSPS) is 23.0. The summed E-state index contributed by atoms with van der Waals surface area (Å²) < 4.78 is 0. The van der Waals surface area contributed by atoms with Gasteiger partial charge in [0.15, 0.2) is 0 Å². The van der Waals surface area contributed by atoms with Gasteiger partial charge in [-0.2, -0.15) is 0 Å². The number of amides is 2. The SMILES string of the molecule is CC[C@@H](CO)NC(=O)[C@@H](N)C1S[C@H](CNc2ccc(CCN3CCCC3)cc2)C(=O)N1CC. The van der Waals surface area contributed by atoms with Gasteiger partial charge in [-0.15, -0.1) is 11.8 Å². The standard InChI is InChI=1S/C24H39N5O3S/c1-3-18(16-30)27-22(31)21(25)24-29(4-2)23(32)20(33-24)15-26-19-9-7-17(8-10-19)11-14-28-12-5-6-13-28/h7-10,18,20-21,24,26,30H,3-6,11-16,25H2,1-2H3,(H,27,31)/t18-,20+,21+,24?/m0/s1. The van der Waals surface area contributed by atoms with Gasteiger partial charge in [-0.1, -0.05) is 19.1 Å². The van der Waals surface area contributed by atoms with E-state index in [-0.39, 0.29) is 29.7 Å². The van der Waals surface area contributed by atoms with Crippen LogP contribution in [0.1, 0.15) is 38.7 Å². The lowest BCUT2D eigenvalue weighted by Crippen LogP contribution is -2.55. The van der Waals surface area contributed by atoms with Crippen molar-refractivity contribution in [1.29, 1.82) is 0 Å². The molecule has 0 aromatic heterocycles. The summed E-state index contributed by atoms with van der Waals surface area (Å²) in [6.45, 7) is 8.17. The molecule has 0 saturated carbocycles. The zero-order valence-electron chi connectivity index (χ0n) is 19.8. The van der Waals surface area contributed by atoms with Crippen LogP contribution < -0.4 is 16.4 Å². The number of aliphatic hydroxyl groups is 1. The van der Waals surface area contributed by atoms with Gasteiger partial charge in [0.2, 0.25) is 11.8 Å². The van der Waals surface area contributed by atoms with E-state index in [1.165, 1.54) is 43.3 Å². The number of likely N-dealkylation sites (tertiary alicyclic amines) is 1. The molecule has 2 fully saturated rings. The summed E-state index contributed by atoms with van der Waals surface area (Å²) in [4.78, 5) is 29.7. The number of aliphatic hydroxyl groups excluding tert-OH is 1. The third kappa shape index (κ3) is 6.85. The number of likely N-dealkylation sites (N-methyl/N-ethyl adjacent to an activating group) is 1. The Morgan fingerprint density at radius 3 is 2.55 bits per heavy atom. The molecule has 2 saturated heterocycles. The van der Waals surface area contributed by atoms with Crippen molar-refractivity contribution in [3.63, 3.8) is 0 Å². The summed E-state index contributed by atoms with van der Waals surface area (Å²) in [5, 5.41) is 14.8. The van der Waals surface area contributed by atoms with Gasteiger partial charge < -0.3 is 31.3 Å². The maximum atomic E-state index is 12.9. The van der Waals surface area contributed by atoms with Gasteiger partial charge in [0, 0.05) is 25.3 Å². The fourth-order valence-electron chi connectivity index (χ4n) is 4.36. The summed E-state index contributed by atoms with van der Waals surface area (Å²) in [5.41, 5.74) is 8.54. The lowest BCUT2D eigenvalue weighted by Gasteiger charge is -2.27. The first-order chi connectivity index (χ1) is 16.0. The van der Waals surface area contributed by atoms with Gasteiger partial charge in [0.1, 0.15) is 16.7 Å². The van der Waals surface area contributed by atoms with Crippen molar-refractivity contribution in [3.8, 4) is 0 Å². The van der Waals surface area contributed by atoms with Crippen LogP contribution in [0, 0.1) is 0 Å². The molecular weight excluding hydrogens is 438 g/mol. The highest BCUT2D eigenvalue weighted by molar-refractivity contribution is 8.01. The summed E-state index contributed by atoms with van der Waals surface area (Å²) in [5.74, 6) is -0.336. The molecule has 2 aliphatic heterocycles. The van der Waals surface area contributed by atoms with E-state index in [2.05, 4.69) is 39.8 Å². The molecule has 3 rings (SSSR count). The number of rotatable bonds is 12. The molecule has 1 aromatic carbocycles. The molecule has 0 radical (unpaired) electrons. The first-order valence-corrected chi connectivity index (χ1v) is 13.1. The molecule has 2 heterocycles. The Morgan fingerprint density at radius 1 is 1.24 bits per heavy atom. The number of hydrogen-bond acceptors (Lipinski definition) is 7. The van der Waals surface area contributed by atoms with Gasteiger partial charge in [-0.3, -0.25) is 9.59 Å². The number of carbonyl (C=O) groups excluding carboxylic acids is 2. The van der Waals surface area contributed by atoms with Gasteiger partial charge in [-0.25, -0.2) is 0 Å². The first-order valence-electron chi connectivity index (χ1n) is 12.1. The third-order valence-corrected chi connectivity index (χ3v) is 8.06. The highest BCUT2D eigenvalue weighted by atomic mass is 32.2. The molecule has 184 valence electrons. The molecule has 1 aromatic rings. The quantitative estimate of drug-likeness (QED) is 0.358. The van der Waals surface area contributed by atoms with Gasteiger partial charge in [-0.05, 0) is 63.4 Å². The average Bonchev–Trinajstić information content (AvgIpc) is 3.47. The molecule has 8 nitrogen and oxygen atoms in total. The number of nitrogens with two attached hydrogens (primary N) is 1. The van der Waals surface area contributed by atoms with Crippen LogP contribution in [0.3, 0.4) is 0 Å². The number of nitrogens with one attached hydrogen (secondary N) is 2. The first kappa shape index (κ1) is 25.8. The van der Waals surface area contributed by atoms with E-state index in [0.717, 1.165) is 18.7 Å². The highest BCUT2D eigenvalue weighted by Gasteiger charge is 2.44. The van der Waals surface area contributed by atoms with Crippen LogP contribution in [0.5, 0.6) is 0 Å². The van der Waals surface area contributed by atoms with Crippen LogP contribution in [-0.4, -0.2) is 88.8 Å². The summed E-state index contributed by atoms with van der Waals surface area (Å²) >= 11 is 1.43. The van der Waals surface area contributed by atoms with Crippen molar-refractivity contribution in [1.82, 2.24) is 15.1 Å². The molecule has 2 aliphatic rings. The lowest BCUT2D eigenvalue weighted by atomic mass is 10.1. The predicted octanol–water partition coefficient (Wildman–Crippen LogP) is 1.24. The minimum atomic E-state index is -0.848. The topological polar surface area (TPSA) is 111 Å². The Kier molecular flexibility index (Phi) is 9.85. The number of thioether (sulfide) groups is 1. The van der Waals surface area contributed by atoms with Crippen molar-refractivity contribution >= 4 is 29.3 Å². The smallest absolute Gasteiger partial charge is 0.240 e. The zero-order valence-corrected chi connectivity index (χ0v) is 20.7. The number of nitrogens with zero attached hydrogens (tertiary/aromatic N) is 2. The van der Waals surface area contributed by atoms with Crippen molar-refractivity contribution in [2.24, 2.45) is 5.73 Å². The molecule has 0 bridgehead atoms. The number of hydrogen-bond donors (Lipinski definition) is 4. The van der Waals surface area contributed by atoms with Gasteiger partial charge in [0.25, 0.3) is 0 Å². The van der Waals surface area contributed by atoms with Crippen molar-refractivity contribution in [3.05, 3.63) is 29.8 Å². The monoisotopic (exact) mass is 477 g/mol. The molecule has 5 N–H and O–H groups in total. The molecule has 0 spiro atoms. The van der Waals surface area contributed by atoms with E-state index >= 15 is 0 Å². The van der Waals surface area contributed by atoms with Crippen LogP contribution in [0.15, 0.2) is 24.3 Å². The second-order valence-corrected chi connectivity index (χ2v) is 10.2. The van der Waals surface area contributed by atoms with Gasteiger partial charge >= 0.3 is 0 Å². The second kappa shape index (κ2) is 12.6. The minimum Gasteiger partial charge on any atom is -0.394 e. The maximum Gasteiger partial charge on any atom is 0.240 e. The van der Waals surface area contributed by atoms with E-state index < -0.39 is 11.4 Å². The second-order valence-electron chi connectivity index (χ2n) is 8.84. The Hall–Kier alpha value is -1.81. The van der Waals surface area contributed by atoms with Crippen LogP contribution in [0.4, 0.5) is 5.69 Å². The van der Waals surface area contributed by atoms with Crippen LogP contribution in [-0.2, 0) is 16.0 Å². The average molecular weight is 478 g/mol. The highest BCUT2D eigenvalue weighted by Crippen LogP contribution is 2.33. The van der Waals surface area contributed by atoms with E-state index in [4.69, 9.17) is 5.73 Å². The molecular formula is C24H39N5O3S. The zero-order chi connectivity index (χ0) is 23.8. The largest absolute Gasteiger partial charge is 0.394 e. The number of anilines is 1. The van der Waals surface area contributed by atoms with Gasteiger partial charge in [0.05, 0.1) is 12.6 Å². The third-order valence-electron chi connectivity index (χ3n) is 6.54. The molecule has 4 atom stereocenters. The van der Waals surface area contributed by atoms with E-state index in [0.29, 0.717) is 19.5 Å². The van der Waals surface area contributed by atoms with Crippen LogP contribution in [0.25, 0.3) is 0 Å². The predicted molar refractivity (Wildman–Crippen MR) is 134 cm³/mol. The van der Waals surface area contributed by atoms with E-state index in [1.807, 2.05) is 13.8 Å². The fraction of sp³-hybridized carbons (Fsp3) is 0.667. The fourth-order valence-corrected chi connectivity index (χ4v) is 5.82. The molecule has 33 heavy (non-hydrogen) atoms. The number of benzene rings is 1. The number of carbonyl (C=O) groups is 2. The van der Waals surface area contributed by atoms with Crippen LogP contribution >= 0.6 is 11.8 Å². The van der Waals surface area contributed by atoms with Crippen molar-refractivity contribution < 1.29 is 14.7 Å². The Bertz CT molecular complexity index is 768. The molecule has 2 amide bonds. The van der Waals surface area contributed by atoms with Crippen molar-refractivity contribution in [2.45, 2.75) is 62.2 Å². The summed E-state index contributed by atoms with van der Waals surface area (Å²) in [6.07, 6.45) is 4.30. The maximum absolute atomic E-state index is 12.9. The molecule has 9 heteroatoms. The van der Waals surface area contributed by atoms with E-state index in [9.17, 15) is 14.7 Å². The Morgan fingerprint density at radius 2 is 1.94 bits per heavy atom. The minimum absolute atomic E-state index is 0.000293. The van der Waals surface area contributed by atoms with Crippen LogP contribution in [0.2, 0.25) is 0 Å². The Labute approximate surface area is 201 Å².